The smallest absolute Gasteiger partial charge is 0.225 e. The molecule has 1 aliphatic heterocycles. The van der Waals surface area contributed by atoms with E-state index < -0.39 is 0 Å². The molecule has 1 fully saturated rings. The van der Waals surface area contributed by atoms with Gasteiger partial charge in [-0.25, -0.2) is 0 Å². The first kappa shape index (κ1) is 24.2. The monoisotopic (exact) mass is 477 g/mol. The lowest BCUT2D eigenvalue weighted by atomic mass is 10.1. The van der Waals surface area contributed by atoms with Crippen LogP contribution in [0.25, 0.3) is 0 Å². The molecule has 1 aromatic heterocycles. The summed E-state index contributed by atoms with van der Waals surface area (Å²) in [5, 5.41) is 12.7. The second kappa shape index (κ2) is 11.9. The van der Waals surface area contributed by atoms with E-state index in [2.05, 4.69) is 37.1 Å². The van der Waals surface area contributed by atoms with E-state index in [0.717, 1.165) is 30.6 Å². The minimum absolute atomic E-state index is 0.00791. The van der Waals surface area contributed by atoms with Gasteiger partial charge in [-0.15, -0.1) is 10.2 Å². The molecule has 0 radical (unpaired) electrons. The highest BCUT2D eigenvalue weighted by Crippen LogP contribution is 2.22. The molecule has 1 amide bonds. The number of amides is 1. The van der Waals surface area contributed by atoms with Gasteiger partial charge in [-0.05, 0) is 62.7 Å². The summed E-state index contributed by atoms with van der Waals surface area (Å²) in [4.78, 5) is 26.3. The Kier molecular flexibility index (Phi) is 8.49. The number of nitrogens with zero attached hydrogens (tertiary/aromatic N) is 4. The SMILES string of the molecule is CC(=O)c1ccc(NC(=O)CCSc2nnc(CN3CCCCC3)n2Cc2ccccc2)cc1. The minimum atomic E-state index is -0.0641. The minimum Gasteiger partial charge on any atom is -0.326 e. The van der Waals surface area contributed by atoms with Crippen molar-refractivity contribution in [2.45, 2.75) is 50.9 Å². The van der Waals surface area contributed by atoms with Crippen molar-refractivity contribution in [1.29, 1.82) is 0 Å². The summed E-state index contributed by atoms with van der Waals surface area (Å²) in [6.45, 7) is 5.26. The summed E-state index contributed by atoms with van der Waals surface area (Å²) < 4.78 is 2.19. The Morgan fingerprint density at radius 2 is 1.68 bits per heavy atom. The summed E-state index contributed by atoms with van der Waals surface area (Å²) >= 11 is 1.56. The van der Waals surface area contributed by atoms with Crippen LogP contribution in [0.3, 0.4) is 0 Å². The zero-order chi connectivity index (χ0) is 23.8. The van der Waals surface area contributed by atoms with Gasteiger partial charge in [0.25, 0.3) is 0 Å². The fourth-order valence-corrected chi connectivity index (χ4v) is 4.93. The Bertz CT molecular complexity index is 1090. The van der Waals surface area contributed by atoms with Gasteiger partial charge in [0.15, 0.2) is 10.9 Å². The average Bonchev–Trinajstić information content (AvgIpc) is 3.21. The highest BCUT2D eigenvalue weighted by Gasteiger charge is 2.18. The standard InChI is InChI=1S/C26H31N5O2S/c1-20(32)22-10-12-23(13-11-22)27-25(33)14-17-34-26-29-28-24(19-30-15-6-3-7-16-30)31(26)18-21-8-4-2-5-9-21/h2,4-5,8-13H,3,6-7,14-19H2,1H3,(H,27,33). The molecular weight excluding hydrogens is 446 g/mol. The molecule has 0 bridgehead atoms. The average molecular weight is 478 g/mol. The number of ketones is 1. The molecule has 4 rings (SSSR count). The summed E-state index contributed by atoms with van der Waals surface area (Å²) in [5.74, 6) is 1.52. The van der Waals surface area contributed by atoms with Gasteiger partial charge in [0.05, 0.1) is 13.1 Å². The van der Waals surface area contributed by atoms with Crippen LogP contribution in [0.5, 0.6) is 0 Å². The van der Waals surface area contributed by atoms with Crippen LogP contribution in [0, 0.1) is 0 Å². The van der Waals surface area contributed by atoms with Crippen molar-refractivity contribution in [2.75, 3.05) is 24.2 Å². The summed E-state index contributed by atoms with van der Waals surface area (Å²) in [6.07, 6.45) is 4.14. The lowest BCUT2D eigenvalue weighted by molar-refractivity contribution is -0.115. The predicted octanol–water partition coefficient (Wildman–Crippen LogP) is 4.64. The third-order valence-corrected chi connectivity index (χ3v) is 6.89. The largest absolute Gasteiger partial charge is 0.326 e. The number of likely N-dealkylation sites (tertiary alicyclic amines) is 1. The maximum atomic E-state index is 12.4. The summed E-state index contributed by atoms with van der Waals surface area (Å²) in [6, 6.07) is 17.3. The molecule has 7 nitrogen and oxygen atoms in total. The number of carbonyl (C=O) groups is 2. The Hall–Kier alpha value is -2.97. The topological polar surface area (TPSA) is 80.1 Å². The molecule has 2 heterocycles. The molecule has 1 aliphatic rings. The third-order valence-electron chi connectivity index (χ3n) is 5.93. The number of nitrogens with one attached hydrogen (secondary N) is 1. The predicted molar refractivity (Wildman–Crippen MR) is 135 cm³/mol. The van der Waals surface area contributed by atoms with E-state index >= 15 is 0 Å². The second-order valence-corrected chi connectivity index (χ2v) is 9.65. The summed E-state index contributed by atoms with van der Waals surface area (Å²) in [5.41, 5.74) is 2.53. The number of thioether (sulfide) groups is 1. The molecule has 3 aromatic rings. The molecule has 2 aromatic carbocycles. The number of anilines is 1. The van der Waals surface area contributed by atoms with Crippen molar-refractivity contribution in [3.05, 3.63) is 71.5 Å². The van der Waals surface area contributed by atoms with E-state index in [0.29, 0.717) is 30.0 Å². The molecule has 0 spiro atoms. The fraction of sp³-hybridized carbons (Fsp3) is 0.385. The normalized spacial score (nSPS) is 14.1. The van der Waals surface area contributed by atoms with Gasteiger partial charge in [-0.1, -0.05) is 48.5 Å². The molecule has 0 unspecified atom stereocenters. The van der Waals surface area contributed by atoms with Crippen molar-refractivity contribution >= 4 is 29.1 Å². The zero-order valence-corrected chi connectivity index (χ0v) is 20.4. The van der Waals surface area contributed by atoms with E-state index in [1.165, 1.54) is 31.7 Å². The summed E-state index contributed by atoms with van der Waals surface area (Å²) in [7, 11) is 0. The fourth-order valence-electron chi connectivity index (χ4n) is 4.03. The van der Waals surface area contributed by atoms with Gasteiger partial charge in [0, 0.05) is 23.4 Å². The van der Waals surface area contributed by atoms with E-state index in [4.69, 9.17) is 0 Å². The van der Waals surface area contributed by atoms with Gasteiger partial charge in [0.1, 0.15) is 5.82 Å². The number of benzene rings is 2. The van der Waals surface area contributed by atoms with Gasteiger partial charge in [-0.3, -0.25) is 14.5 Å². The highest BCUT2D eigenvalue weighted by atomic mass is 32.2. The van der Waals surface area contributed by atoms with Crippen LogP contribution in [-0.2, 0) is 17.9 Å². The Morgan fingerprint density at radius 3 is 2.38 bits per heavy atom. The third kappa shape index (κ3) is 6.77. The van der Waals surface area contributed by atoms with Crippen LogP contribution in [0.1, 0.15) is 54.4 Å². The Balaban J connectivity index is 1.37. The van der Waals surface area contributed by atoms with Gasteiger partial charge < -0.3 is 9.88 Å². The number of carbonyl (C=O) groups excluding carboxylic acids is 2. The van der Waals surface area contributed by atoms with Crippen LogP contribution in [0.4, 0.5) is 5.69 Å². The van der Waals surface area contributed by atoms with Crippen molar-refractivity contribution < 1.29 is 9.59 Å². The lowest BCUT2D eigenvalue weighted by Gasteiger charge is -2.26. The molecule has 0 atom stereocenters. The Labute approximate surface area is 205 Å². The Morgan fingerprint density at radius 1 is 0.941 bits per heavy atom. The molecule has 178 valence electrons. The molecule has 8 heteroatoms. The maximum absolute atomic E-state index is 12.4. The first-order valence-electron chi connectivity index (χ1n) is 11.8. The van der Waals surface area contributed by atoms with E-state index in [1.54, 1.807) is 36.0 Å². The maximum Gasteiger partial charge on any atom is 0.225 e. The lowest BCUT2D eigenvalue weighted by Crippen LogP contribution is -2.30. The number of Topliss-reactive ketones (excluding diaryl/α,β-unsaturated/α-hetero) is 1. The number of piperidine rings is 1. The first-order valence-corrected chi connectivity index (χ1v) is 12.8. The van der Waals surface area contributed by atoms with E-state index in [9.17, 15) is 9.59 Å². The van der Waals surface area contributed by atoms with Crippen LogP contribution in [-0.4, -0.2) is 50.2 Å². The highest BCUT2D eigenvalue weighted by molar-refractivity contribution is 7.99. The van der Waals surface area contributed by atoms with Crippen LogP contribution >= 0.6 is 11.8 Å². The molecule has 1 N–H and O–H groups in total. The van der Waals surface area contributed by atoms with Gasteiger partial charge in [-0.2, -0.15) is 0 Å². The van der Waals surface area contributed by atoms with Crippen molar-refractivity contribution in [3.63, 3.8) is 0 Å². The second-order valence-electron chi connectivity index (χ2n) is 8.59. The number of hydrogen-bond acceptors (Lipinski definition) is 6. The zero-order valence-electron chi connectivity index (χ0n) is 19.6. The molecule has 1 saturated heterocycles. The van der Waals surface area contributed by atoms with Crippen LogP contribution < -0.4 is 5.32 Å². The van der Waals surface area contributed by atoms with E-state index in [1.807, 2.05) is 18.2 Å². The quantitative estimate of drug-likeness (QED) is 0.339. The van der Waals surface area contributed by atoms with Crippen LogP contribution in [0.2, 0.25) is 0 Å². The van der Waals surface area contributed by atoms with Gasteiger partial charge >= 0.3 is 0 Å². The first-order chi connectivity index (χ1) is 16.6. The van der Waals surface area contributed by atoms with E-state index in [-0.39, 0.29) is 11.7 Å². The molecule has 0 saturated carbocycles. The van der Waals surface area contributed by atoms with Gasteiger partial charge in [0.2, 0.25) is 5.91 Å². The molecule has 34 heavy (non-hydrogen) atoms. The van der Waals surface area contributed by atoms with Crippen molar-refractivity contribution in [3.8, 4) is 0 Å². The van der Waals surface area contributed by atoms with Crippen molar-refractivity contribution in [1.82, 2.24) is 19.7 Å². The molecule has 0 aliphatic carbocycles. The number of hydrogen-bond donors (Lipinski definition) is 1. The van der Waals surface area contributed by atoms with Crippen LogP contribution in [0.15, 0.2) is 59.8 Å². The number of rotatable bonds is 10. The molecular formula is C26H31N5O2S. The van der Waals surface area contributed by atoms with Crippen molar-refractivity contribution in [2.24, 2.45) is 0 Å². The number of aromatic nitrogens is 3.